The van der Waals surface area contributed by atoms with Gasteiger partial charge in [-0.2, -0.15) is 0 Å². The fraction of sp³-hybridized carbons (Fsp3) is 0.360. The molecule has 5 heteroatoms. The van der Waals surface area contributed by atoms with Crippen molar-refractivity contribution in [2.75, 3.05) is 19.6 Å². The van der Waals surface area contributed by atoms with Crippen molar-refractivity contribution < 1.29 is 9.21 Å². The second-order valence-corrected chi connectivity index (χ2v) is 8.26. The molecule has 5 rings (SSSR count). The van der Waals surface area contributed by atoms with Crippen molar-refractivity contribution in [1.82, 2.24) is 15.2 Å². The minimum Gasteiger partial charge on any atom is -0.445 e. The molecule has 30 heavy (non-hydrogen) atoms. The first-order valence-electron chi connectivity index (χ1n) is 10.9. The van der Waals surface area contributed by atoms with Gasteiger partial charge in [-0.15, -0.1) is 0 Å². The van der Waals surface area contributed by atoms with Crippen molar-refractivity contribution in [2.45, 2.75) is 38.1 Å². The van der Waals surface area contributed by atoms with Crippen LogP contribution in [0.1, 0.15) is 57.6 Å². The molecule has 1 saturated heterocycles. The highest BCUT2D eigenvalue weighted by molar-refractivity contribution is 5.94. The Labute approximate surface area is 177 Å². The minimum atomic E-state index is 0.0742. The molecular weight excluding hydrogens is 374 g/mol. The molecule has 1 amide bonds. The van der Waals surface area contributed by atoms with Gasteiger partial charge >= 0.3 is 0 Å². The molecular formula is C25H27N3O2. The van der Waals surface area contributed by atoms with Gasteiger partial charge in [0.1, 0.15) is 11.5 Å². The van der Waals surface area contributed by atoms with Crippen LogP contribution in [0.5, 0.6) is 0 Å². The summed E-state index contributed by atoms with van der Waals surface area (Å²) in [6.07, 6.45) is 3.73. The topological polar surface area (TPSA) is 58.4 Å². The number of piperidine rings is 1. The van der Waals surface area contributed by atoms with Crippen LogP contribution in [0.4, 0.5) is 0 Å². The van der Waals surface area contributed by atoms with Crippen molar-refractivity contribution in [3.05, 3.63) is 88.6 Å². The Morgan fingerprint density at radius 2 is 1.83 bits per heavy atom. The number of hydrogen-bond donors (Lipinski definition) is 1. The van der Waals surface area contributed by atoms with Crippen LogP contribution in [0.15, 0.2) is 59.0 Å². The fourth-order valence-electron chi connectivity index (χ4n) is 4.51. The summed E-state index contributed by atoms with van der Waals surface area (Å²) in [4.78, 5) is 19.6. The van der Waals surface area contributed by atoms with Crippen molar-refractivity contribution >= 4 is 5.91 Å². The summed E-state index contributed by atoms with van der Waals surface area (Å²) in [7, 11) is 0. The van der Waals surface area contributed by atoms with Crippen molar-refractivity contribution in [1.29, 1.82) is 0 Å². The lowest BCUT2D eigenvalue weighted by Gasteiger charge is -2.26. The Morgan fingerprint density at radius 3 is 2.60 bits per heavy atom. The Kier molecular flexibility index (Phi) is 5.37. The smallest absolute Gasteiger partial charge is 0.254 e. The highest BCUT2D eigenvalue weighted by Gasteiger charge is 2.26. The van der Waals surface area contributed by atoms with E-state index in [1.54, 1.807) is 0 Å². The zero-order valence-corrected chi connectivity index (χ0v) is 17.1. The van der Waals surface area contributed by atoms with Gasteiger partial charge in [0, 0.05) is 24.9 Å². The van der Waals surface area contributed by atoms with Crippen LogP contribution in [0.2, 0.25) is 0 Å². The van der Waals surface area contributed by atoms with Gasteiger partial charge in [-0.25, -0.2) is 4.98 Å². The van der Waals surface area contributed by atoms with Gasteiger partial charge in [-0.3, -0.25) is 4.79 Å². The third-order valence-electron chi connectivity index (χ3n) is 6.23. The largest absolute Gasteiger partial charge is 0.445 e. The number of carbonyl (C=O) groups excluding carboxylic acids is 1. The summed E-state index contributed by atoms with van der Waals surface area (Å²) in [5.74, 6) is 2.33. The molecule has 2 aliphatic rings. The second kappa shape index (κ2) is 8.44. The zero-order valence-electron chi connectivity index (χ0n) is 17.1. The first kappa shape index (κ1) is 19.1. The maximum absolute atomic E-state index is 13.1. The zero-order chi connectivity index (χ0) is 20.3. The maximum atomic E-state index is 13.1. The number of nitrogens with one attached hydrogen (secondary N) is 1. The van der Waals surface area contributed by atoms with E-state index < -0.39 is 0 Å². The summed E-state index contributed by atoms with van der Waals surface area (Å²) in [6, 6.07) is 18.4. The van der Waals surface area contributed by atoms with Crippen LogP contribution in [0.3, 0.4) is 0 Å². The first-order chi connectivity index (χ1) is 14.8. The Balaban J connectivity index is 1.25. The van der Waals surface area contributed by atoms with Gasteiger partial charge < -0.3 is 14.6 Å². The normalized spacial score (nSPS) is 17.0. The number of nitrogens with zero attached hydrogens (tertiary/aromatic N) is 2. The monoisotopic (exact) mass is 401 g/mol. The fourth-order valence-corrected chi connectivity index (χ4v) is 4.51. The molecule has 3 aromatic rings. The molecule has 0 spiro atoms. The predicted molar refractivity (Wildman–Crippen MR) is 115 cm³/mol. The number of aromatic nitrogens is 1. The van der Waals surface area contributed by atoms with Crippen LogP contribution in [0.25, 0.3) is 0 Å². The van der Waals surface area contributed by atoms with Gasteiger partial charge in [0.05, 0.1) is 6.54 Å². The van der Waals surface area contributed by atoms with Crippen LogP contribution >= 0.6 is 0 Å². The molecule has 1 fully saturated rings. The average Bonchev–Trinajstić information content (AvgIpc) is 3.21. The van der Waals surface area contributed by atoms with Crippen molar-refractivity contribution in [3.63, 3.8) is 0 Å². The molecule has 154 valence electrons. The minimum absolute atomic E-state index is 0.0742. The number of benzene rings is 2. The third kappa shape index (κ3) is 4.03. The van der Waals surface area contributed by atoms with Crippen molar-refractivity contribution in [3.8, 4) is 0 Å². The highest BCUT2D eigenvalue weighted by atomic mass is 16.4. The highest BCUT2D eigenvalue weighted by Crippen LogP contribution is 2.26. The average molecular weight is 402 g/mol. The molecule has 0 bridgehead atoms. The quantitative estimate of drug-likeness (QED) is 0.720. The molecule has 1 aromatic heterocycles. The molecule has 0 unspecified atom stereocenters. The molecule has 1 N–H and O–H groups in total. The van der Waals surface area contributed by atoms with E-state index in [0.717, 1.165) is 42.4 Å². The van der Waals surface area contributed by atoms with E-state index in [9.17, 15) is 4.79 Å². The number of oxazole rings is 1. The summed E-state index contributed by atoms with van der Waals surface area (Å²) in [5, 5.41) is 3.41. The van der Waals surface area contributed by atoms with Gasteiger partial charge in [0.2, 0.25) is 0 Å². The SMILES string of the molecule is O=C(c1ccc(C2CCNCC2)cc1)N1CCc2oc(Cc3ccccc3)nc2C1. The predicted octanol–water partition coefficient (Wildman–Crippen LogP) is 3.93. The molecule has 0 radical (unpaired) electrons. The van der Waals surface area contributed by atoms with Gasteiger partial charge in [0.15, 0.2) is 5.89 Å². The van der Waals surface area contributed by atoms with Crippen LogP contribution in [0, 0.1) is 0 Å². The lowest BCUT2D eigenvalue weighted by molar-refractivity contribution is 0.0728. The van der Waals surface area contributed by atoms with E-state index in [0.29, 0.717) is 25.4 Å². The molecule has 5 nitrogen and oxygen atoms in total. The van der Waals surface area contributed by atoms with E-state index in [1.807, 2.05) is 35.2 Å². The summed E-state index contributed by atoms with van der Waals surface area (Å²) >= 11 is 0. The maximum Gasteiger partial charge on any atom is 0.254 e. The van der Waals surface area contributed by atoms with E-state index in [2.05, 4.69) is 34.6 Å². The first-order valence-corrected chi connectivity index (χ1v) is 10.9. The second-order valence-electron chi connectivity index (χ2n) is 8.26. The number of rotatable bonds is 4. The molecule has 0 aliphatic carbocycles. The number of carbonyl (C=O) groups is 1. The lowest BCUT2D eigenvalue weighted by atomic mass is 9.90. The van der Waals surface area contributed by atoms with Crippen molar-refractivity contribution in [2.24, 2.45) is 0 Å². The molecule has 0 atom stereocenters. The summed E-state index contributed by atoms with van der Waals surface area (Å²) in [5.41, 5.74) is 4.17. The van der Waals surface area contributed by atoms with Gasteiger partial charge in [-0.05, 0) is 55.1 Å². The van der Waals surface area contributed by atoms with Crippen LogP contribution in [-0.4, -0.2) is 35.4 Å². The molecule has 2 aliphatic heterocycles. The van der Waals surface area contributed by atoms with E-state index in [-0.39, 0.29) is 5.91 Å². The van der Waals surface area contributed by atoms with Crippen LogP contribution in [-0.2, 0) is 19.4 Å². The number of amides is 1. The Morgan fingerprint density at radius 1 is 1.07 bits per heavy atom. The van der Waals surface area contributed by atoms with E-state index >= 15 is 0 Å². The third-order valence-corrected chi connectivity index (χ3v) is 6.23. The molecule has 2 aromatic carbocycles. The standard InChI is InChI=1S/C25H27N3O2/c29-25(21-8-6-19(7-9-21)20-10-13-26-14-11-20)28-15-12-23-22(17-28)27-24(30-23)16-18-4-2-1-3-5-18/h1-9,20,26H,10-17H2. The number of fused-ring (bicyclic) bond motifs is 1. The molecule has 0 saturated carbocycles. The Bertz CT molecular complexity index is 1000. The van der Waals surface area contributed by atoms with E-state index in [4.69, 9.17) is 4.42 Å². The van der Waals surface area contributed by atoms with E-state index in [1.165, 1.54) is 24.0 Å². The lowest BCUT2D eigenvalue weighted by Crippen LogP contribution is -2.35. The summed E-state index contributed by atoms with van der Waals surface area (Å²) in [6.45, 7) is 3.33. The summed E-state index contributed by atoms with van der Waals surface area (Å²) < 4.78 is 5.97. The number of hydrogen-bond acceptors (Lipinski definition) is 4. The Hall–Kier alpha value is -2.92. The van der Waals surface area contributed by atoms with Gasteiger partial charge in [0.25, 0.3) is 5.91 Å². The van der Waals surface area contributed by atoms with Gasteiger partial charge in [-0.1, -0.05) is 42.5 Å². The molecule has 3 heterocycles. The van der Waals surface area contributed by atoms with Crippen LogP contribution < -0.4 is 5.32 Å².